The molecule has 0 unspecified atom stereocenters. The molecule has 0 aliphatic rings. The Kier molecular flexibility index (Phi) is 4.32. The van der Waals surface area contributed by atoms with Crippen molar-refractivity contribution in [1.82, 2.24) is 18.7 Å². The van der Waals surface area contributed by atoms with Gasteiger partial charge in [0, 0.05) is 5.56 Å². The SMILES string of the molecule is O=c1c2sccc2n2c(=O)n(Cc3ccccc3F)nc2n1Cc1ccc(F)cc1. The second kappa shape index (κ2) is 7.03. The van der Waals surface area contributed by atoms with E-state index >= 15 is 0 Å². The Labute approximate surface area is 171 Å². The highest BCUT2D eigenvalue weighted by Crippen LogP contribution is 2.18. The highest BCUT2D eigenvalue weighted by Gasteiger charge is 2.19. The molecule has 0 amide bonds. The van der Waals surface area contributed by atoms with E-state index in [1.807, 2.05) is 0 Å². The van der Waals surface area contributed by atoms with E-state index in [9.17, 15) is 18.4 Å². The first-order chi connectivity index (χ1) is 14.5. The standard InChI is InChI=1S/C21H14F2N4O2S/c22-15-7-5-13(6-8-15)11-25-19(28)18-17(9-10-30-18)27-20(25)24-26(21(27)29)12-14-3-1-2-4-16(14)23/h1-10H,11-12H2. The fourth-order valence-electron chi connectivity index (χ4n) is 3.44. The second-order valence-electron chi connectivity index (χ2n) is 6.82. The van der Waals surface area contributed by atoms with Gasteiger partial charge in [-0.3, -0.25) is 9.36 Å². The van der Waals surface area contributed by atoms with Gasteiger partial charge in [0.15, 0.2) is 0 Å². The van der Waals surface area contributed by atoms with Gasteiger partial charge >= 0.3 is 5.69 Å². The van der Waals surface area contributed by atoms with Crippen LogP contribution in [0.1, 0.15) is 11.1 Å². The number of thiophene rings is 1. The molecule has 0 saturated heterocycles. The number of aromatic nitrogens is 4. The molecule has 150 valence electrons. The van der Waals surface area contributed by atoms with Crippen molar-refractivity contribution in [2.75, 3.05) is 0 Å². The second-order valence-corrected chi connectivity index (χ2v) is 7.74. The lowest BCUT2D eigenvalue weighted by atomic mass is 10.2. The van der Waals surface area contributed by atoms with Crippen LogP contribution in [-0.4, -0.2) is 18.7 Å². The molecule has 0 fully saturated rings. The Morgan fingerprint density at radius 2 is 1.70 bits per heavy atom. The van der Waals surface area contributed by atoms with Gasteiger partial charge in [0.25, 0.3) is 5.56 Å². The van der Waals surface area contributed by atoms with Crippen LogP contribution in [0.5, 0.6) is 0 Å². The van der Waals surface area contributed by atoms with Gasteiger partial charge in [0.1, 0.15) is 16.3 Å². The molecule has 5 rings (SSSR count). The molecule has 0 spiro atoms. The summed E-state index contributed by atoms with van der Waals surface area (Å²) in [5, 5.41) is 6.08. The van der Waals surface area contributed by atoms with Crippen molar-refractivity contribution in [1.29, 1.82) is 0 Å². The Morgan fingerprint density at radius 3 is 2.47 bits per heavy atom. The molecule has 3 heterocycles. The van der Waals surface area contributed by atoms with Crippen molar-refractivity contribution in [3.63, 3.8) is 0 Å². The van der Waals surface area contributed by atoms with Crippen LogP contribution < -0.4 is 11.2 Å². The third-order valence-corrected chi connectivity index (χ3v) is 5.81. The summed E-state index contributed by atoms with van der Waals surface area (Å²) in [6.45, 7) is 0.0517. The van der Waals surface area contributed by atoms with Crippen LogP contribution >= 0.6 is 11.3 Å². The summed E-state index contributed by atoms with van der Waals surface area (Å²) < 4.78 is 31.7. The molecule has 0 atom stereocenters. The molecule has 0 aliphatic heterocycles. The summed E-state index contributed by atoms with van der Waals surface area (Å²) in [4.78, 5) is 26.2. The van der Waals surface area contributed by atoms with Gasteiger partial charge in [0.2, 0.25) is 5.78 Å². The van der Waals surface area contributed by atoms with Gasteiger partial charge in [-0.05, 0) is 35.2 Å². The number of benzene rings is 2. The van der Waals surface area contributed by atoms with Crippen LogP contribution in [0.3, 0.4) is 0 Å². The summed E-state index contributed by atoms with van der Waals surface area (Å²) >= 11 is 1.23. The van der Waals surface area contributed by atoms with E-state index in [0.29, 0.717) is 21.3 Å². The van der Waals surface area contributed by atoms with E-state index in [-0.39, 0.29) is 30.2 Å². The molecular formula is C21H14F2N4O2S. The summed E-state index contributed by atoms with van der Waals surface area (Å²) in [5.41, 5.74) is 0.703. The highest BCUT2D eigenvalue weighted by molar-refractivity contribution is 7.17. The minimum Gasteiger partial charge on any atom is -0.271 e. The molecule has 9 heteroatoms. The molecule has 3 aromatic heterocycles. The molecule has 0 aliphatic carbocycles. The quantitative estimate of drug-likeness (QED) is 0.445. The van der Waals surface area contributed by atoms with Crippen LogP contribution in [0.2, 0.25) is 0 Å². The van der Waals surface area contributed by atoms with E-state index in [1.54, 1.807) is 41.8 Å². The zero-order valence-electron chi connectivity index (χ0n) is 15.5. The fourth-order valence-corrected chi connectivity index (χ4v) is 4.26. The average Bonchev–Trinajstić information content (AvgIpc) is 3.34. The van der Waals surface area contributed by atoms with Crippen molar-refractivity contribution in [3.8, 4) is 0 Å². The highest BCUT2D eigenvalue weighted by atomic mass is 32.1. The molecule has 0 N–H and O–H groups in total. The predicted octanol–water partition coefficient (Wildman–Crippen LogP) is 3.25. The van der Waals surface area contributed by atoms with E-state index in [0.717, 1.165) is 4.68 Å². The smallest absolute Gasteiger partial charge is 0.271 e. The maximum absolute atomic E-state index is 14.1. The number of nitrogens with zero attached hydrogens (tertiary/aromatic N) is 4. The number of hydrogen-bond donors (Lipinski definition) is 0. The lowest BCUT2D eigenvalue weighted by Crippen LogP contribution is -2.26. The molecule has 5 aromatic rings. The first-order valence-electron chi connectivity index (χ1n) is 9.10. The minimum absolute atomic E-state index is 0.0659. The van der Waals surface area contributed by atoms with E-state index in [2.05, 4.69) is 5.10 Å². The van der Waals surface area contributed by atoms with Crippen LogP contribution in [0, 0.1) is 11.6 Å². The molecule has 0 bridgehead atoms. The van der Waals surface area contributed by atoms with E-state index in [1.165, 1.54) is 38.5 Å². The molecule has 2 aromatic carbocycles. The monoisotopic (exact) mass is 424 g/mol. The first-order valence-corrected chi connectivity index (χ1v) is 9.98. The Morgan fingerprint density at radius 1 is 0.933 bits per heavy atom. The molecule has 30 heavy (non-hydrogen) atoms. The van der Waals surface area contributed by atoms with Crippen molar-refractivity contribution >= 4 is 27.3 Å². The lowest BCUT2D eigenvalue weighted by Gasteiger charge is -2.08. The lowest BCUT2D eigenvalue weighted by molar-refractivity contribution is 0.577. The van der Waals surface area contributed by atoms with Crippen molar-refractivity contribution in [2.45, 2.75) is 13.1 Å². The normalized spacial score (nSPS) is 11.5. The number of halogens is 2. The number of hydrogen-bond acceptors (Lipinski definition) is 4. The molecule has 0 radical (unpaired) electrons. The minimum atomic E-state index is -0.468. The molecule has 6 nitrogen and oxygen atoms in total. The van der Waals surface area contributed by atoms with Crippen molar-refractivity contribution < 1.29 is 8.78 Å². The number of rotatable bonds is 4. The average molecular weight is 424 g/mol. The third kappa shape index (κ3) is 2.94. The first kappa shape index (κ1) is 18.4. The summed E-state index contributed by atoms with van der Waals surface area (Å²) in [5.74, 6) is -0.669. The van der Waals surface area contributed by atoms with E-state index in [4.69, 9.17) is 0 Å². The largest absolute Gasteiger partial charge is 0.352 e. The van der Waals surface area contributed by atoms with Gasteiger partial charge in [-0.1, -0.05) is 30.3 Å². The van der Waals surface area contributed by atoms with Crippen molar-refractivity contribution in [3.05, 3.63) is 104 Å². The predicted molar refractivity (Wildman–Crippen MR) is 110 cm³/mol. The maximum atomic E-state index is 14.1. The number of fused-ring (bicyclic) bond motifs is 3. The van der Waals surface area contributed by atoms with Gasteiger partial charge in [0.05, 0.1) is 18.6 Å². The maximum Gasteiger partial charge on any atom is 0.352 e. The van der Waals surface area contributed by atoms with Gasteiger partial charge < -0.3 is 0 Å². The summed E-state index contributed by atoms with van der Waals surface area (Å²) in [6, 6.07) is 13.6. The fraction of sp³-hybridized carbons (Fsp3) is 0.0952. The van der Waals surface area contributed by atoms with E-state index < -0.39 is 11.5 Å². The summed E-state index contributed by atoms with van der Waals surface area (Å²) in [7, 11) is 0. The Balaban J connectivity index is 1.73. The van der Waals surface area contributed by atoms with Crippen LogP contribution in [0.25, 0.3) is 16.0 Å². The topological polar surface area (TPSA) is 61.3 Å². The van der Waals surface area contributed by atoms with Crippen LogP contribution in [0.15, 0.2) is 69.6 Å². The van der Waals surface area contributed by atoms with Crippen molar-refractivity contribution in [2.24, 2.45) is 0 Å². The van der Waals surface area contributed by atoms with Gasteiger partial charge in [-0.25, -0.2) is 22.7 Å². The van der Waals surface area contributed by atoms with Gasteiger partial charge in [-0.15, -0.1) is 16.4 Å². The molecular weight excluding hydrogens is 410 g/mol. The Hall–Kier alpha value is -3.59. The van der Waals surface area contributed by atoms with Gasteiger partial charge in [-0.2, -0.15) is 0 Å². The Bertz CT molecular complexity index is 1510. The zero-order valence-corrected chi connectivity index (χ0v) is 16.3. The zero-order chi connectivity index (χ0) is 20.8. The summed E-state index contributed by atoms with van der Waals surface area (Å²) in [6.07, 6.45) is 0. The van der Waals surface area contributed by atoms with Crippen LogP contribution in [-0.2, 0) is 13.1 Å². The van der Waals surface area contributed by atoms with Crippen LogP contribution in [0.4, 0.5) is 8.78 Å². The molecule has 0 saturated carbocycles. The third-order valence-electron chi connectivity index (χ3n) is 4.92.